The summed E-state index contributed by atoms with van der Waals surface area (Å²) in [6.45, 7) is 3.87. The van der Waals surface area contributed by atoms with Crippen LogP contribution in [0.15, 0.2) is 30.3 Å². The average molecular weight is 314 g/mol. The molecule has 1 unspecified atom stereocenters. The lowest BCUT2D eigenvalue weighted by Gasteiger charge is -2.33. The van der Waals surface area contributed by atoms with E-state index in [0.29, 0.717) is 11.9 Å². The van der Waals surface area contributed by atoms with Crippen molar-refractivity contribution in [3.63, 3.8) is 0 Å². The molecule has 0 saturated carbocycles. The van der Waals surface area contributed by atoms with Crippen molar-refractivity contribution >= 4 is 11.8 Å². The van der Waals surface area contributed by atoms with Crippen LogP contribution in [0.4, 0.5) is 16.2 Å². The Hall–Kier alpha value is -2.17. The van der Waals surface area contributed by atoms with Gasteiger partial charge in [0, 0.05) is 24.8 Å². The van der Waals surface area contributed by atoms with Crippen LogP contribution in [-0.2, 0) is 6.42 Å². The van der Waals surface area contributed by atoms with E-state index in [4.69, 9.17) is 5.73 Å². The van der Waals surface area contributed by atoms with Crippen LogP contribution in [0.3, 0.4) is 0 Å². The number of hydrogen-bond donors (Lipinski definition) is 1. The van der Waals surface area contributed by atoms with Crippen molar-refractivity contribution in [3.05, 3.63) is 47.4 Å². The first-order valence-electron chi connectivity index (χ1n) is 8.21. The molecule has 0 radical (unpaired) electrons. The molecule has 1 aliphatic heterocycles. The number of rotatable bonds is 4. The van der Waals surface area contributed by atoms with E-state index < -0.39 is 0 Å². The summed E-state index contributed by atoms with van der Waals surface area (Å²) in [5.74, 6) is 1.69. The first kappa shape index (κ1) is 15.7. The van der Waals surface area contributed by atoms with Gasteiger partial charge in [-0.1, -0.05) is 18.2 Å². The standard InChI is InChI=1S/C18H23FN4/c1-13-11-17(22-18(20)21-13)23-10-4-5-14(12-23)8-9-15-6-2-3-7-16(15)19/h2-3,6-7,11,14H,4-5,8-10,12H2,1H3,(H2,20,21,22). The van der Waals surface area contributed by atoms with Gasteiger partial charge in [0.15, 0.2) is 0 Å². The van der Waals surface area contributed by atoms with E-state index >= 15 is 0 Å². The fourth-order valence-electron chi connectivity index (χ4n) is 3.31. The summed E-state index contributed by atoms with van der Waals surface area (Å²) in [6, 6.07) is 9.04. The summed E-state index contributed by atoms with van der Waals surface area (Å²) in [5, 5.41) is 0. The van der Waals surface area contributed by atoms with E-state index in [1.54, 1.807) is 6.07 Å². The average Bonchev–Trinajstić information content (AvgIpc) is 2.53. The minimum atomic E-state index is -0.0978. The minimum Gasteiger partial charge on any atom is -0.368 e. The molecule has 1 aromatic carbocycles. The molecule has 1 aromatic heterocycles. The highest BCUT2D eigenvalue weighted by molar-refractivity contribution is 5.43. The van der Waals surface area contributed by atoms with Crippen LogP contribution in [0.1, 0.15) is 30.5 Å². The molecule has 2 N–H and O–H groups in total. The number of nitrogens with zero attached hydrogens (tertiary/aromatic N) is 3. The third kappa shape index (κ3) is 3.97. The quantitative estimate of drug-likeness (QED) is 0.940. The molecule has 4 nitrogen and oxygen atoms in total. The van der Waals surface area contributed by atoms with Crippen molar-refractivity contribution in [3.8, 4) is 0 Å². The van der Waals surface area contributed by atoms with E-state index in [1.807, 2.05) is 25.1 Å². The molecule has 1 saturated heterocycles. The molecule has 1 atom stereocenters. The molecule has 0 aliphatic carbocycles. The molecule has 23 heavy (non-hydrogen) atoms. The Bertz CT molecular complexity index is 654. The molecule has 3 rings (SSSR count). The number of hydrogen-bond acceptors (Lipinski definition) is 4. The number of halogens is 1. The number of aromatic nitrogens is 2. The molecule has 0 bridgehead atoms. The van der Waals surface area contributed by atoms with Crippen LogP contribution in [-0.4, -0.2) is 23.1 Å². The fraction of sp³-hybridized carbons (Fsp3) is 0.444. The predicted molar refractivity (Wildman–Crippen MR) is 90.8 cm³/mol. The van der Waals surface area contributed by atoms with Crippen molar-refractivity contribution in [1.82, 2.24) is 9.97 Å². The van der Waals surface area contributed by atoms with Crippen molar-refractivity contribution < 1.29 is 4.39 Å². The van der Waals surface area contributed by atoms with Crippen LogP contribution in [0.25, 0.3) is 0 Å². The highest BCUT2D eigenvalue weighted by atomic mass is 19.1. The third-order valence-corrected chi connectivity index (χ3v) is 4.48. The highest BCUT2D eigenvalue weighted by Gasteiger charge is 2.21. The zero-order chi connectivity index (χ0) is 16.2. The van der Waals surface area contributed by atoms with Crippen LogP contribution in [0.5, 0.6) is 0 Å². The van der Waals surface area contributed by atoms with Gasteiger partial charge in [0.25, 0.3) is 0 Å². The lowest BCUT2D eigenvalue weighted by atomic mass is 9.91. The summed E-state index contributed by atoms with van der Waals surface area (Å²) in [6.07, 6.45) is 4.10. The molecule has 1 aliphatic rings. The minimum absolute atomic E-state index is 0.0978. The number of benzene rings is 1. The highest BCUT2D eigenvalue weighted by Crippen LogP contribution is 2.26. The molecule has 122 valence electrons. The zero-order valence-corrected chi connectivity index (χ0v) is 13.5. The van der Waals surface area contributed by atoms with E-state index in [1.165, 1.54) is 12.5 Å². The molecule has 2 aromatic rings. The Morgan fingerprint density at radius 1 is 1.30 bits per heavy atom. The van der Waals surface area contributed by atoms with Gasteiger partial charge in [0.05, 0.1) is 0 Å². The predicted octanol–water partition coefficient (Wildman–Crippen LogP) is 3.36. The maximum atomic E-state index is 13.7. The molecule has 1 fully saturated rings. The Kier molecular flexibility index (Phi) is 4.74. The number of nitrogen functional groups attached to an aromatic ring is 1. The van der Waals surface area contributed by atoms with Crippen molar-refractivity contribution in [2.24, 2.45) is 5.92 Å². The second-order valence-corrected chi connectivity index (χ2v) is 6.31. The van der Waals surface area contributed by atoms with Gasteiger partial charge in [-0.05, 0) is 50.2 Å². The summed E-state index contributed by atoms with van der Waals surface area (Å²) in [7, 11) is 0. The van der Waals surface area contributed by atoms with Crippen LogP contribution < -0.4 is 10.6 Å². The molecular weight excluding hydrogens is 291 g/mol. The van der Waals surface area contributed by atoms with Gasteiger partial charge >= 0.3 is 0 Å². The summed E-state index contributed by atoms with van der Waals surface area (Å²) in [5.41, 5.74) is 7.46. The van der Waals surface area contributed by atoms with Gasteiger partial charge < -0.3 is 10.6 Å². The van der Waals surface area contributed by atoms with Crippen molar-refractivity contribution in [2.45, 2.75) is 32.6 Å². The second-order valence-electron chi connectivity index (χ2n) is 6.31. The molecular formula is C18H23FN4. The Labute approximate surface area is 136 Å². The SMILES string of the molecule is Cc1cc(N2CCCC(CCc3ccccc3F)C2)nc(N)n1. The first-order chi connectivity index (χ1) is 11.1. The topological polar surface area (TPSA) is 55.0 Å². The summed E-state index contributed by atoms with van der Waals surface area (Å²) < 4.78 is 13.7. The number of nitrogens with two attached hydrogens (primary N) is 1. The zero-order valence-electron chi connectivity index (χ0n) is 13.5. The van der Waals surface area contributed by atoms with Crippen LogP contribution in [0.2, 0.25) is 0 Å². The third-order valence-electron chi connectivity index (χ3n) is 4.48. The van der Waals surface area contributed by atoms with Gasteiger partial charge in [-0.2, -0.15) is 4.98 Å². The fourth-order valence-corrected chi connectivity index (χ4v) is 3.31. The monoisotopic (exact) mass is 314 g/mol. The smallest absolute Gasteiger partial charge is 0.222 e. The van der Waals surface area contributed by atoms with E-state index in [2.05, 4.69) is 14.9 Å². The Morgan fingerprint density at radius 2 is 2.13 bits per heavy atom. The van der Waals surface area contributed by atoms with E-state index in [-0.39, 0.29) is 5.82 Å². The molecule has 0 spiro atoms. The maximum absolute atomic E-state index is 13.7. The van der Waals surface area contributed by atoms with Crippen molar-refractivity contribution in [2.75, 3.05) is 23.7 Å². The number of anilines is 2. The Balaban J connectivity index is 1.63. The summed E-state index contributed by atoms with van der Waals surface area (Å²) >= 11 is 0. The van der Waals surface area contributed by atoms with Gasteiger partial charge in [0.2, 0.25) is 5.95 Å². The molecule has 0 amide bonds. The Morgan fingerprint density at radius 3 is 2.91 bits per heavy atom. The molecule has 5 heteroatoms. The normalized spacial score (nSPS) is 18.2. The van der Waals surface area contributed by atoms with E-state index in [0.717, 1.165) is 49.4 Å². The van der Waals surface area contributed by atoms with Gasteiger partial charge in [0.1, 0.15) is 11.6 Å². The summed E-state index contributed by atoms with van der Waals surface area (Å²) in [4.78, 5) is 10.8. The van der Waals surface area contributed by atoms with Crippen molar-refractivity contribution in [1.29, 1.82) is 0 Å². The van der Waals surface area contributed by atoms with Crippen LogP contribution in [0, 0.1) is 18.7 Å². The number of aryl methyl sites for hydroxylation is 2. The largest absolute Gasteiger partial charge is 0.368 e. The molecule has 2 heterocycles. The maximum Gasteiger partial charge on any atom is 0.222 e. The second kappa shape index (κ2) is 6.94. The lowest BCUT2D eigenvalue weighted by molar-refractivity contribution is 0.388. The first-order valence-corrected chi connectivity index (χ1v) is 8.21. The van der Waals surface area contributed by atoms with E-state index in [9.17, 15) is 4.39 Å². The van der Waals surface area contributed by atoms with Gasteiger partial charge in [-0.25, -0.2) is 9.37 Å². The lowest BCUT2D eigenvalue weighted by Crippen LogP contribution is -2.36. The van der Waals surface area contributed by atoms with Gasteiger partial charge in [-0.15, -0.1) is 0 Å². The number of piperidine rings is 1. The van der Waals surface area contributed by atoms with Gasteiger partial charge in [-0.3, -0.25) is 0 Å². The van der Waals surface area contributed by atoms with Crippen LogP contribution >= 0.6 is 0 Å².